The van der Waals surface area contributed by atoms with Crippen molar-refractivity contribution in [1.82, 2.24) is 14.8 Å². The topological polar surface area (TPSA) is 127 Å². The van der Waals surface area contributed by atoms with Gasteiger partial charge in [0, 0.05) is 36.4 Å². The first-order chi connectivity index (χ1) is 15.7. The molecule has 170 valence electrons. The van der Waals surface area contributed by atoms with E-state index in [1.54, 1.807) is 20.0 Å². The van der Waals surface area contributed by atoms with Gasteiger partial charge in [0.1, 0.15) is 23.7 Å². The van der Waals surface area contributed by atoms with Crippen molar-refractivity contribution < 1.29 is 17.5 Å². The maximum Gasteiger partial charge on any atom is 0.235 e. The summed E-state index contributed by atoms with van der Waals surface area (Å²) in [5.74, 6) is -0.180. The van der Waals surface area contributed by atoms with Crippen LogP contribution in [0.15, 0.2) is 30.5 Å². The number of hydrogen-bond acceptors (Lipinski definition) is 7. The molecule has 11 heteroatoms. The van der Waals surface area contributed by atoms with Crippen molar-refractivity contribution in [3.05, 3.63) is 53.2 Å². The van der Waals surface area contributed by atoms with E-state index in [1.165, 1.54) is 33.4 Å². The summed E-state index contributed by atoms with van der Waals surface area (Å²) in [7, 11) is -1.99. The van der Waals surface area contributed by atoms with Crippen molar-refractivity contribution in [1.29, 1.82) is 5.26 Å². The molecule has 5 rings (SSSR count). The van der Waals surface area contributed by atoms with Crippen LogP contribution in [-0.4, -0.2) is 35.0 Å². The number of rotatable bonds is 0. The molecule has 0 radical (unpaired) electrons. The highest BCUT2D eigenvalue weighted by Crippen LogP contribution is 2.41. The Morgan fingerprint density at radius 1 is 1.33 bits per heavy atom. The maximum absolute atomic E-state index is 14.2. The molecule has 2 atom stereocenters. The van der Waals surface area contributed by atoms with Crippen LogP contribution in [0.4, 0.5) is 15.9 Å². The Hall–Kier alpha value is -3.65. The Labute approximate surface area is 190 Å². The number of aromatic nitrogens is 3. The van der Waals surface area contributed by atoms with Crippen molar-refractivity contribution in [2.45, 2.75) is 31.9 Å². The van der Waals surface area contributed by atoms with Crippen LogP contribution in [0.25, 0.3) is 11.1 Å². The van der Waals surface area contributed by atoms with E-state index in [0.717, 1.165) is 0 Å². The summed E-state index contributed by atoms with van der Waals surface area (Å²) in [6.07, 6.45) is 1.46. The summed E-state index contributed by atoms with van der Waals surface area (Å²) < 4.78 is 49.3. The number of nitrogens with two attached hydrogens (primary N) is 1. The molecule has 2 bridgehead atoms. The van der Waals surface area contributed by atoms with E-state index in [1.807, 2.05) is 0 Å². The number of benzene rings is 1. The van der Waals surface area contributed by atoms with E-state index in [2.05, 4.69) is 16.2 Å². The summed E-state index contributed by atoms with van der Waals surface area (Å²) >= 11 is 0. The Morgan fingerprint density at radius 2 is 2.12 bits per heavy atom. The Balaban J connectivity index is 1.80. The lowest BCUT2D eigenvalue weighted by Gasteiger charge is -2.29. The summed E-state index contributed by atoms with van der Waals surface area (Å²) in [5, 5.41) is 14.3. The van der Waals surface area contributed by atoms with Crippen LogP contribution in [0.1, 0.15) is 36.4 Å². The lowest BCUT2D eigenvalue weighted by molar-refractivity contribution is 0.227. The zero-order chi connectivity index (χ0) is 23.5. The molecule has 1 aromatic carbocycles. The van der Waals surface area contributed by atoms with E-state index >= 15 is 0 Å². The van der Waals surface area contributed by atoms with Crippen molar-refractivity contribution in [3.63, 3.8) is 0 Å². The fraction of sp³-hybridized carbons (Fsp3) is 0.318. The minimum atomic E-state index is -3.65. The maximum atomic E-state index is 14.2. The highest BCUT2D eigenvalue weighted by atomic mass is 32.2. The molecule has 0 saturated carbocycles. The number of pyridine rings is 1. The van der Waals surface area contributed by atoms with Gasteiger partial charge in [-0.2, -0.15) is 10.4 Å². The van der Waals surface area contributed by atoms with Crippen LogP contribution in [0.5, 0.6) is 5.75 Å². The molecule has 33 heavy (non-hydrogen) atoms. The van der Waals surface area contributed by atoms with Gasteiger partial charge in [-0.1, -0.05) is 0 Å². The normalized spacial score (nSPS) is 21.0. The van der Waals surface area contributed by atoms with Crippen molar-refractivity contribution in [2.75, 3.05) is 15.8 Å². The van der Waals surface area contributed by atoms with Crippen LogP contribution >= 0.6 is 0 Å². The number of ether oxygens (including phenoxy) is 1. The summed E-state index contributed by atoms with van der Waals surface area (Å²) in [6, 6.07) is 7.39. The van der Waals surface area contributed by atoms with E-state index in [-0.39, 0.29) is 23.7 Å². The molecule has 0 aliphatic carbocycles. The molecule has 2 unspecified atom stereocenters. The van der Waals surface area contributed by atoms with Crippen molar-refractivity contribution in [3.8, 4) is 22.9 Å². The molecular weight excluding hydrogens is 447 g/mol. The molecule has 2 aromatic heterocycles. The molecule has 9 nitrogen and oxygen atoms in total. The standard InChI is InChI=1S/C22H21FN6O3S/c1-12-16-8-14(23)3-4-18(16)29-15(5-6-33(29,30)31)9-17-21(19(10-24)28(2)27-17)13-7-20(32-12)22(25)26-11-13/h3-4,7-8,11-12,15H,5-6,9H2,1-2H3,(H2,25,26). The fourth-order valence-corrected chi connectivity index (χ4v) is 6.50. The zero-order valence-corrected chi connectivity index (χ0v) is 18.8. The van der Waals surface area contributed by atoms with Gasteiger partial charge in [-0.25, -0.2) is 17.8 Å². The molecule has 0 amide bonds. The average Bonchev–Trinajstić information content (AvgIpc) is 3.24. The predicted molar refractivity (Wildman–Crippen MR) is 119 cm³/mol. The van der Waals surface area contributed by atoms with Gasteiger partial charge in [0.05, 0.1) is 23.2 Å². The third-order valence-electron chi connectivity index (χ3n) is 6.13. The number of hydrogen-bond donors (Lipinski definition) is 1. The van der Waals surface area contributed by atoms with Gasteiger partial charge in [0.15, 0.2) is 11.6 Å². The number of anilines is 2. The number of nitrogen functional groups attached to an aromatic ring is 1. The molecule has 4 heterocycles. The van der Waals surface area contributed by atoms with E-state index in [0.29, 0.717) is 40.2 Å². The number of aryl methyl sites for hydroxylation is 1. The monoisotopic (exact) mass is 468 g/mol. The zero-order valence-electron chi connectivity index (χ0n) is 18.0. The number of nitriles is 1. The van der Waals surface area contributed by atoms with E-state index < -0.39 is 28.0 Å². The second kappa shape index (κ2) is 7.45. The number of sulfonamides is 1. The fourth-order valence-electron chi connectivity index (χ4n) is 4.63. The second-order valence-corrected chi connectivity index (χ2v) is 10.2. The van der Waals surface area contributed by atoms with Gasteiger partial charge in [-0.15, -0.1) is 0 Å². The number of nitrogens with zero attached hydrogens (tertiary/aromatic N) is 5. The minimum absolute atomic E-state index is 0.0424. The quantitative estimate of drug-likeness (QED) is 0.537. The number of fused-ring (bicyclic) bond motifs is 7. The lowest BCUT2D eigenvalue weighted by Crippen LogP contribution is -2.36. The van der Waals surface area contributed by atoms with Gasteiger partial charge >= 0.3 is 0 Å². The molecule has 2 aliphatic rings. The molecule has 3 aromatic rings. The third-order valence-corrected chi connectivity index (χ3v) is 7.98. The van der Waals surface area contributed by atoms with Crippen molar-refractivity contribution >= 4 is 21.5 Å². The molecule has 0 spiro atoms. The van der Waals surface area contributed by atoms with Crippen LogP contribution in [0.2, 0.25) is 0 Å². The Morgan fingerprint density at radius 3 is 2.88 bits per heavy atom. The smallest absolute Gasteiger partial charge is 0.235 e. The van der Waals surface area contributed by atoms with Gasteiger partial charge in [-0.3, -0.25) is 8.99 Å². The van der Waals surface area contributed by atoms with Gasteiger partial charge < -0.3 is 10.5 Å². The van der Waals surface area contributed by atoms with Crippen LogP contribution in [0.3, 0.4) is 0 Å². The third kappa shape index (κ3) is 3.38. The minimum Gasteiger partial charge on any atom is -0.482 e. The van der Waals surface area contributed by atoms with E-state index in [9.17, 15) is 18.1 Å². The summed E-state index contributed by atoms with van der Waals surface area (Å²) in [6.45, 7) is 1.70. The first-order valence-corrected chi connectivity index (χ1v) is 12.0. The van der Waals surface area contributed by atoms with Crippen LogP contribution < -0.4 is 14.8 Å². The summed E-state index contributed by atoms with van der Waals surface area (Å²) in [4.78, 5) is 4.24. The molecule has 1 fully saturated rings. The average molecular weight is 469 g/mol. The Kier molecular flexibility index (Phi) is 4.79. The first-order valence-electron chi connectivity index (χ1n) is 10.4. The molecular formula is C22H21FN6O3S. The first kappa shape index (κ1) is 21.2. The van der Waals surface area contributed by atoms with Gasteiger partial charge in [-0.05, 0) is 37.6 Å². The Bertz CT molecular complexity index is 1430. The highest BCUT2D eigenvalue weighted by molar-refractivity contribution is 7.93. The molecule has 2 N–H and O–H groups in total. The van der Waals surface area contributed by atoms with E-state index in [4.69, 9.17) is 10.5 Å². The predicted octanol–water partition coefficient (Wildman–Crippen LogP) is 2.68. The van der Waals surface area contributed by atoms with Crippen LogP contribution in [-0.2, 0) is 23.5 Å². The molecule has 1 saturated heterocycles. The lowest BCUT2D eigenvalue weighted by atomic mass is 9.98. The van der Waals surface area contributed by atoms with Crippen LogP contribution in [0, 0.1) is 17.1 Å². The van der Waals surface area contributed by atoms with Gasteiger partial charge in [0.25, 0.3) is 0 Å². The molecule has 2 aliphatic heterocycles. The largest absolute Gasteiger partial charge is 0.482 e. The highest BCUT2D eigenvalue weighted by Gasteiger charge is 2.40. The number of halogens is 1. The van der Waals surface area contributed by atoms with Gasteiger partial charge in [0.2, 0.25) is 10.0 Å². The SMILES string of the molecule is CC1Oc2cc(cnc2N)-c2c(nn(C)c2C#N)CC2CCS(=O)(=O)N2c2ccc(F)cc21. The van der Waals surface area contributed by atoms with Crippen molar-refractivity contribution in [2.24, 2.45) is 7.05 Å². The summed E-state index contributed by atoms with van der Waals surface area (Å²) in [5.41, 5.74) is 8.82. The second-order valence-electron chi connectivity index (χ2n) is 8.23.